The largest absolute Gasteiger partial charge is 0.399 e. The van der Waals surface area contributed by atoms with E-state index in [0.717, 1.165) is 30.8 Å². The first-order chi connectivity index (χ1) is 8.79. The summed E-state index contributed by atoms with van der Waals surface area (Å²) >= 11 is 0. The molecule has 1 aromatic carbocycles. The molecular formula is C13H18N4O. The first-order valence-corrected chi connectivity index (χ1v) is 6.12. The molecule has 5 nitrogen and oxygen atoms in total. The minimum atomic E-state index is 0.665. The van der Waals surface area contributed by atoms with Gasteiger partial charge in [0.05, 0.1) is 13.2 Å². The van der Waals surface area contributed by atoms with Crippen LogP contribution in [0.2, 0.25) is 0 Å². The quantitative estimate of drug-likeness (QED) is 0.625. The number of aromatic nitrogens is 3. The third-order valence-corrected chi connectivity index (χ3v) is 2.52. The Kier molecular flexibility index (Phi) is 4.30. The van der Waals surface area contributed by atoms with Gasteiger partial charge in [-0.3, -0.25) is 4.68 Å². The molecular weight excluding hydrogens is 228 g/mol. The number of nitrogen functional groups attached to an aromatic ring is 1. The maximum Gasteiger partial charge on any atom is 0.181 e. The summed E-state index contributed by atoms with van der Waals surface area (Å²) < 4.78 is 7.21. The Hall–Kier alpha value is -1.88. The van der Waals surface area contributed by atoms with Crippen LogP contribution in [0.3, 0.4) is 0 Å². The van der Waals surface area contributed by atoms with Crippen LogP contribution < -0.4 is 5.73 Å². The van der Waals surface area contributed by atoms with Gasteiger partial charge in [-0.15, -0.1) is 0 Å². The van der Waals surface area contributed by atoms with Crippen molar-refractivity contribution in [3.63, 3.8) is 0 Å². The van der Waals surface area contributed by atoms with E-state index < -0.39 is 0 Å². The lowest BCUT2D eigenvalue weighted by Crippen LogP contribution is -2.07. The van der Waals surface area contributed by atoms with Gasteiger partial charge >= 0.3 is 0 Å². The Bertz CT molecular complexity index is 478. The van der Waals surface area contributed by atoms with E-state index >= 15 is 0 Å². The highest BCUT2D eigenvalue weighted by Gasteiger charge is 2.03. The van der Waals surface area contributed by atoms with Crippen molar-refractivity contribution in [2.45, 2.75) is 19.9 Å². The molecule has 2 rings (SSSR count). The normalized spacial score (nSPS) is 10.7. The molecule has 2 aromatic rings. The van der Waals surface area contributed by atoms with Crippen LogP contribution in [-0.4, -0.2) is 28.0 Å². The summed E-state index contributed by atoms with van der Waals surface area (Å²) in [7, 11) is 0. The van der Waals surface area contributed by atoms with Crippen molar-refractivity contribution in [1.29, 1.82) is 0 Å². The van der Waals surface area contributed by atoms with Gasteiger partial charge < -0.3 is 10.5 Å². The molecule has 0 spiro atoms. The van der Waals surface area contributed by atoms with Crippen LogP contribution in [0.15, 0.2) is 30.6 Å². The zero-order valence-corrected chi connectivity index (χ0v) is 10.5. The molecule has 96 valence electrons. The van der Waals surface area contributed by atoms with Crippen molar-refractivity contribution >= 4 is 5.69 Å². The van der Waals surface area contributed by atoms with Gasteiger partial charge in [-0.2, -0.15) is 5.10 Å². The topological polar surface area (TPSA) is 66.0 Å². The Balaban J connectivity index is 1.95. The molecule has 18 heavy (non-hydrogen) atoms. The lowest BCUT2D eigenvalue weighted by atomic mass is 10.2. The molecule has 0 fully saturated rings. The molecule has 0 saturated heterocycles. The third kappa shape index (κ3) is 3.30. The van der Waals surface area contributed by atoms with Crippen molar-refractivity contribution < 1.29 is 4.74 Å². The second-order valence-electron chi connectivity index (χ2n) is 4.07. The average molecular weight is 246 g/mol. The van der Waals surface area contributed by atoms with E-state index in [4.69, 9.17) is 10.5 Å². The predicted molar refractivity (Wildman–Crippen MR) is 71.0 cm³/mol. The molecule has 0 aliphatic carbocycles. The van der Waals surface area contributed by atoms with E-state index in [1.807, 2.05) is 24.3 Å². The summed E-state index contributed by atoms with van der Waals surface area (Å²) in [5.41, 5.74) is 7.35. The summed E-state index contributed by atoms with van der Waals surface area (Å²) in [5.74, 6) is 0.713. The number of hydrogen-bond acceptors (Lipinski definition) is 4. The predicted octanol–water partition coefficient (Wildman–Crippen LogP) is 1.95. The van der Waals surface area contributed by atoms with E-state index in [1.54, 1.807) is 11.0 Å². The first kappa shape index (κ1) is 12.6. The average Bonchev–Trinajstić information content (AvgIpc) is 2.84. The highest BCUT2D eigenvalue weighted by Crippen LogP contribution is 2.15. The third-order valence-electron chi connectivity index (χ3n) is 2.52. The minimum absolute atomic E-state index is 0.665. The molecule has 0 unspecified atom stereocenters. The zero-order chi connectivity index (χ0) is 12.8. The molecule has 1 aromatic heterocycles. The van der Waals surface area contributed by atoms with Crippen LogP contribution in [0.25, 0.3) is 11.4 Å². The fourth-order valence-electron chi connectivity index (χ4n) is 1.57. The maximum atomic E-state index is 5.64. The number of anilines is 1. The molecule has 1 heterocycles. The molecule has 0 saturated carbocycles. The van der Waals surface area contributed by atoms with Crippen molar-refractivity contribution in [3.8, 4) is 11.4 Å². The Labute approximate surface area is 107 Å². The van der Waals surface area contributed by atoms with Crippen molar-refractivity contribution in [2.75, 3.05) is 18.9 Å². The summed E-state index contributed by atoms with van der Waals surface area (Å²) in [6, 6.07) is 7.53. The summed E-state index contributed by atoms with van der Waals surface area (Å²) in [5, 5.41) is 4.39. The smallest absolute Gasteiger partial charge is 0.181 e. The standard InChI is InChI=1S/C13H18N4O/c1-2-8-18-9-7-17-10-15-13(16-17)11-3-5-12(14)6-4-11/h3-6,10H,2,7-9,14H2,1H3. The van der Waals surface area contributed by atoms with Crippen LogP contribution in [-0.2, 0) is 11.3 Å². The highest BCUT2D eigenvalue weighted by atomic mass is 16.5. The number of rotatable bonds is 6. The molecule has 0 atom stereocenters. The van der Waals surface area contributed by atoms with Crippen molar-refractivity contribution in [1.82, 2.24) is 14.8 Å². The van der Waals surface area contributed by atoms with Gasteiger partial charge in [-0.1, -0.05) is 6.92 Å². The van der Waals surface area contributed by atoms with Gasteiger partial charge in [-0.05, 0) is 30.7 Å². The van der Waals surface area contributed by atoms with Gasteiger partial charge in [0.2, 0.25) is 0 Å². The lowest BCUT2D eigenvalue weighted by molar-refractivity contribution is 0.124. The summed E-state index contributed by atoms with van der Waals surface area (Å²) in [4.78, 5) is 4.27. The fraction of sp³-hybridized carbons (Fsp3) is 0.385. The van der Waals surface area contributed by atoms with Gasteiger partial charge in [-0.25, -0.2) is 4.98 Å². The Morgan fingerprint density at radius 3 is 2.72 bits per heavy atom. The summed E-state index contributed by atoms with van der Waals surface area (Å²) in [6.07, 6.45) is 2.76. The summed E-state index contributed by atoms with van der Waals surface area (Å²) in [6.45, 7) is 4.27. The molecule has 0 bridgehead atoms. The van der Waals surface area contributed by atoms with E-state index in [0.29, 0.717) is 12.4 Å². The van der Waals surface area contributed by atoms with Crippen molar-refractivity contribution in [2.24, 2.45) is 0 Å². The molecule has 0 aliphatic rings. The second kappa shape index (κ2) is 6.16. The minimum Gasteiger partial charge on any atom is -0.399 e. The van der Waals surface area contributed by atoms with E-state index in [1.165, 1.54) is 0 Å². The van der Waals surface area contributed by atoms with Gasteiger partial charge in [0.1, 0.15) is 6.33 Å². The monoisotopic (exact) mass is 246 g/mol. The maximum absolute atomic E-state index is 5.64. The van der Waals surface area contributed by atoms with Crippen LogP contribution in [0.5, 0.6) is 0 Å². The number of hydrogen-bond donors (Lipinski definition) is 1. The number of ether oxygens (including phenoxy) is 1. The van der Waals surface area contributed by atoms with Crippen LogP contribution in [0.4, 0.5) is 5.69 Å². The van der Waals surface area contributed by atoms with E-state index in [2.05, 4.69) is 17.0 Å². The van der Waals surface area contributed by atoms with Crippen LogP contribution in [0, 0.1) is 0 Å². The second-order valence-corrected chi connectivity index (χ2v) is 4.07. The zero-order valence-electron chi connectivity index (χ0n) is 10.5. The molecule has 5 heteroatoms. The number of nitrogens with zero attached hydrogens (tertiary/aromatic N) is 3. The van der Waals surface area contributed by atoms with Crippen LogP contribution in [0.1, 0.15) is 13.3 Å². The van der Waals surface area contributed by atoms with Crippen LogP contribution >= 0.6 is 0 Å². The van der Waals surface area contributed by atoms with Gasteiger partial charge in [0.15, 0.2) is 5.82 Å². The Morgan fingerprint density at radius 2 is 2.00 bits per heavy atom. The Morgan fingerprint density at radius 1 is 1.22 bits per heavy atom. The lowest BCUT2D eigenvalue weighted by Gasteiger charge is -2.01. The molecule has 0 aliphatic heterocycles. The van der Waals surface area contributed by atoms with Gasteiger partial charge in [0, 0.05) is 17.9 Å². The highest BCUT2D eigenvalue weighted by molar-refractivity contribution is 5.57. The fourth-order valence-corrected chi connectivity index (χ4v) is 1.57. The molecule has 2 N–H and O–H groups in total. The number of nitrogens with two attached hydrogens (primary N) is 1. The molecule has 0 radical (unpaired) electrons. The van der Waals surface area contributed by atoms with Crippen molar-refractivity contribution in [3.05, 3.63) is 30.6 Å². The SMILES string of the molecule is CCCOCCn1cnc(-c2ccc(N)cc2)n1. The van der Waals surface area contributed by atoms with E-state index in [9.17, 15) is 0 Å². The molecule has 0 amide bonds. The number of benzene rings is 1. The van der Waals surface area contributed by atoms with E-state index in [-0.39, 0.29) is 0 Å². The van der Waals surface area contributed by atoms with Gasteiger partial charge in [0.25, 0.3) is 0 Å². The first-order valence-electron chi connectivity index (χ1n) is 6.12.